The molecule has 2 heterocycles. The number of nitrogens with zero attached hydrogens (tertiary/aromatic N) is 2. The number of thiazole rings is 1. The summed E-state index contributed by atoms with van der Waals surface area (Å²) in [5.41, 5.74) is 2.19. The molecule has 0 bridgehead atoms. The Morgan fingerprint density at radius 3 is 2.50 bits per heavy atom. The molecule has 1 atom stereocenters. The van der Waals surface area contributed by atoms with Crippen molar-refractivity contribution in [2.24, 2.45) is 4.99 Å². The van der Waals surface area contributed by atoms with Crippen molar-refractivity contribution >= 4 is 23.4 Å². The van der Waals surface area contributed by atoms with Crippen LogP contribution in [0.15, 0.2) is 69.6 Å². The van der Waals surface area contributed by atoms with E-state index >= 15 is 0 Å². The molecular weight excluding hydrogens is 476 g/mol. The Hall–Kier alpha value is -3.65. The molecule has 1 aliphatic rings. The summed E-state index contributed by atoms with van der Waals surface area (Å²) in [5, 5.41) is 0. The van der Waals surface area contributed by atoms with Crippen LogP contribution in [-0.4, -0.2) is 29.9 Å². The molecule has 0 radical (unpaired) electrons. The molecule has 0 saturated carbocycles. The summed E-state index contributed by atoms with van der Waals surface area (Å²) >= 11 is 1.29. The molecule has 0 amide bonds. The van der Waals surface area contributed by atoms with Crippen LogP contribution in [0.3, 0.4) is 0 Å². The van der Waals surface area contributed by atoms with Crippen molar-refractivity contribution < 1.29 is 19.0 Å². The Bertz CT molecular complexity index is 1460. The molecule has 188 valence electrons. The van der Waals surface area contributed by atoms with Gasteiger partial charge in [0.2, 0.25) is 0 Å². The van der Waals surface area contributed by atoms with Gasteiger partial charge in [0.05, 0.1) is 35.1 Å². The van der Waals surface area contributed by atoms with E-state index in [-0.39, 0.29) is 18.3 Å². The number of carbonyl (C=O) groups excluding carboxylic acids is 1. The number of para-hydroxylation sites is 1. The Kier molecular flexibility index (Phi) is 7.74. The van der Waals surface area contributed by atoms with E-state index in [1.165, 1.54) is 11.3 Å². The fourth-order valence-corrected chi connectivity index (χ4v) is 5.18. The molecule has 1 aromatic heterocycles. The van der Waals surface area contributed by atoms with Gasteiger partial charge in [0.1, 0.15) is 17.5 Å². The van der Waals surface area contributed by atoms with E-state index in [1.807, 2.05) is 75.4 Å². The summed E-state index contributed by atoms with van der Waals surface area (Å²) in [7, 11) is 0. The molecule has 1 unspecified atom stereocenters. The van der Waals surface area contributed by atoms with E-state index < -0.39 is 12.0 Å². The summed E-state index contributed by atoms with van der Waals surface area (Å²) in [5.74, 6) is 0.881. The van der Waals surface area contributed by atoms with Gasteiger partial charge in [-0.15, -0.1) is 0 Å². The average Bonchev–Trinajstić information content (AvgIpc) is 3.14. The third-order valence-corrected chi connectivity index (χ3v) is 6.57. The van der Waals surface area contributed by atoms with Crippen LogP contribution in [-0.2, 0) is 9.53 Å². The van der Waals surface area contributed by atoms with Crippen LogP contribution in [0.4, 0.5) is 0 Å². The van der Waals surface area contributed by atoms with Crippen LogP contribution in [0.5, 0.6) is 11.5 Å². The summed E-state index contributed by atoms with van der Waals surface area (Å²) in [6.07, 6.45) is 1.74. The van der Waals surface area contributed by atoms with Gasteiger partial charge in [0, 0.05) is 5.56 Å². The fourth-order valence-electron chi connectivity index (χ4n) is 4.13. The highest BCUT2D eigenvalue weighted by molar-refractivity contribution is 7.07. The van der Waals surface area contributed by atoms with Crippen LogP contribution in [0, 0.1) is 0 Å². The van der Waals surface area contributed by atoms with Gasteiger partial charge in [-0.2, -0.15) is 0 Å². The molecule has 0 aliphatic carbocycles. The number of ether oxygens (including phenoxy) is 3. The molecule has 36 heavy (non-hydrogen) atoms. The molecular formula is C28H30N2O5S. The van der Waals surface area contributed by atoms with Crippen LogP contribution in [0.2, 0.25) is 0 Å². The lowest BCUT2D eigenvalue weighted by Gasteiger charge is -2.26. The first-order valence-corrected chi connectivity index (χ1v) is 12.8. The van der Waals surface area contributed by atoms with Gasteiger partial charge in [-0.05, 0) is 64.5 Å². The topological polar surface area (TPSA) is 79.1 Å². The van der Waals surface area contributed by atoms with Gasteiger partial charge in [-0.3, -0.25) is 9.36 Å². The number of fused-ring (bicyclic) bond motifs is 1. The van der Waals surface area contributed by atoms with Crippen LogP contribution < -0.4 is 24.4 Å². The second-order valence-corrected chi connectivity index (χ2v) is 9.52. The number of allylic oxidation sites excluding steroid dienone is 1. The van der Waals surface area contributed by atoms with Crippen molar-refractivity contribution in [3.05, 3.63) is 90.6 Å². The van der Waals surface area contributed by atoms with E-state index in [2.05, 4.69) is 4.99 Å². The summed E-state index contributed by atoms with van der Waals surface area (Å²) < 4.78 is 19.1. The van der Waals surface area contributed by atoms with Gasteiger partial charge in [-0.1, -0.05) is 41.7 Å². The minimum Gasteiger partial charge on any atom is -0.494 e. The van der Waals surface area contributed by atoms with E-state index in [1.54, 1.807) is 18.4 Å². The number of hydrogen-bond acceptors (Lipinski definition) is 7. The average molecular weight is 507 g/mol. The first kappa shape index (κ1) is 25.4. The first-order valence-electron chi connectivity index (χ1n) is 12.0. The number of hydrogen-bond donors (Lipinski definition) is 0. The Morgan fingerprint density at radius 1 is 1.11 bits per heavy atom. The number of esters is 1. The molecule has 3 aromatic rings. The number of aromatic nitrogens is 1. The van der Waals surface area contributed by atoms with Gasteiger partial charge in [0.15, 0.2) is 4.80 Å². The Morgan fingerprint density at radius 2 is 1.83 bits per heavy atom. The van der Waals surface area contributed by atoms with Crippen LogP contribution in [0.25, 0.3) is 6.08 Å². The minimum absolute atomic E-state index is 0.0854. The second-order valence-electron chi connectivity index (χ2n) is 8.51. The molecule has 0 saturated heterocycles. The monoisotopic (exact) mass is 506 g/mol. The van der Waals surface area contributed by atoms with Gasteiger partial charge >= 0.3 is 5.97 Å². The molecule has 8 heteroatoms. The highest BCUT2D eigenvalue weighted by Crippen LogP contribution is 2.36. The zero-order valence-electron chi connectivity index (χ0n) is 21.1. The highest BCUT2D eigenvalue weighted by Gasteiger charge is 2.35. The summed E-state index contributed by atoms with van der Waals surface area (Å²) in [6, 6.07) is 14.3. The van der Waals surface area contributed by atoms with E-state index in [0.29, 0.717) is 38.5 Å². The standard InChI is InChI=1S/C28H30N2O5S/c1-6-33-20-14-12-19(13-15-20)16-23-26(31)30-25(21-10-8-9-11-22(21)35-17(3)4)24(27(32)34-7-2)18(5)29-28(30)36-23/h8-17,25H,6-7H2,1-5H3/b23-16-. The SMILES string of the molecule is CCOC(=O)C1=C(C)N=c2s/c(=C\c3ccc(OCC)cc3)c(=O)n2C1c1ccccc1OC(C)C. The molecule has 1 aliphatic heterocycles. The molecule has 0 fully saturated rings. The lowest BCUT2D eigenvalue weighted by atomic mass is 9.95. The second kappa shape index (κ2) is 11.0. The number of carbonyl (C=O) groups is 1. The smallest absolute Gasteiger partial charge is 0.338 e. The Labute approximate surface area is 214 Å². The van der Waals surface area contributed by atoms with Crippen molar-refractivity contribution in [3.63, 3.8) is 0 Å². The fraction of sp³-hybridized carbons (Fsp3) is 0.321. The van der Waals surface area contributed by atoms with Gasteiger partial charge in [0.25, 0.3) is 5.56 Å². The largest absolute Gasteiger partial charge is 0.494 e. The van der Waals surface area contributed by atoms with E-state index in [0.717, 1.165) is 11.3 Å². The minimum atomic E-state index is -0.724. The Balaban J connectivity index is 1.92. The van der Waals surface area contributed by atoms with Crippen molar-refractivity contribution in [1.29, 1.82) is 0 Å². The predicted octanol–water partition coefficient (Wildman–Crippen LogP) is 3.98. The van der Waals surface area contributed by atoms with E-state index in [4.69, 9.17) is 14.2 Å². The zero-order valence-corrected chi connectivity index (χ0v) is 21.9. The third kappa shape index (κ3) is 5.14. The predicted molar refractivity (Wildman–Crippen MR) is 140 cm³/mol. The van der Waals surface area contributed by atoms with Gasteiger partial charge < -0.3 is 14.2 Å². The molecule has 7 nitrogen and oxygen atoms in total. The third-order valence-electron chi connectivity index (χ3n) is 5.58. The van der Waals surface area contributed by atoms with E-state index in [9.17, 15) is 9.59 Å². The molecule has 0 N–H and O–H groups in total. The quantitative estimate of drug-likeness (QED) is 0.432. The van der Waals surface area contributed by atoms with Crippen molar-refractivity contribution in [2.45, 2.75) is 46.8 Å². The highest BCUT2D eigenvalue weighted by atomic mass is 32.1. The van der Waals surface area contributed by atoms with Crippen LogP contribution in [0.1, 0.15) is 51.8 Å². The molecule has 2 aromatic carbocycles. The summed E-state index contributed by atoms with van der Waals surface area (Å²) in [4.78, 5) is 32.1. The normalized spacial score (nSPS) is 15.5. The number of rotatable bonds is 8. The van der Waals surface area contributed by atoms with Crippen molar-refractivity contribution in [2.75, 3.05) is 13.2 Å². The maximum Gasteiger partial charge on any atom is 0.338 e. The van der Waals surface area contributed by atoms with Crippen molar-refractivity contribution in [1.82, 2.24) is 4.57 Å². The molecule has 4 rings (SSSR count). The maximum absolute atomic E-state index is 13.8. The molecule has 0 spiro atoms. The lowest BCUT2D eigenvalue weighted by molar-refractivity contribution is -0.139. The van der Waals surface area contributed by atoms with Crippen LogP contribution >= 0.6 is 11.3 Å². The maximum atomic E-state index is 13.8. The zero-order chi connectivity index (χ0) is 25.8. The number of benzene rings is 2. The van der Waals surface area contributed by atoms with Gasteiger partial charge in [-0.25, -0.2) is 9.79 Å². The lowest BCUT2D eigenvalue weighted by Crippen LogP contribution is -2.40. The van der Waals surface area contributed by atoms with Crippen molar-refractivity contribution in [3.8, 4) is 11.5 Å². The summed E-state index contributed by atoms with van der Waals surface area (Å²) in [6.45, 7) is 10.1. The first-order chi connectivity index (χ1) is 17.3.